The van der Waals surface area contributed by atoms with Crippen LogP contribution in [-0.4, -0.2) is 47.8 Å². The van der Waals surface area contributed by atoms with E-state index in [9.17, 15) is 9.90 Å². The van der Waals surface area contributed by atoms with Gasteiger partial charge < -0.3 is 9.84 Å². The molecule has 1 fully saturated rings. The van der Waals surface area contributed by atoms with Crippen LogP contribution in [0, 0.1) is 5.92 Å². The van der Waals surface area contributed by atoms with Gasteiger partial charge in [0.25, 0.3) is 0 Å². The molecule has 1 rings (SSSR count). The molecule has 1 saturated carbocycles. The van der Waals surface area contributed by atoms with Crippen molar-refractivity contribution in [2.75, 3.05) is 20.3 Å². The molecule has 16 heavy (non-hydrogen) atoms. The molecule has 1 aliphatic rings. The summed E-state index contributed by atoms with van der Waals surface area (Å²) in [5.74, 6) is -0.158. The zero-order valence-corrected chi connectivity index (χ0v) is 10.7. The summed E-state index contributed by atoms with van der Waals surface area (Å²) >= 11 is 0. The highest BCUT2D eigenvalue weighted by Gasteiger charge is 2.43. The summed E-state index contributed by atoms with van der Waals surface area (Å²) in [5, 5.41) is 9.28. The Kier molecular flexibility index (Phi) is 4.33. The first-order chi connectivity index (χ1) is 7.45. The molecule has 4 nitrogen and oxygen atoms in total. The van der Waals surface area contributed by atoms with Crippen LogP contribution in [0.2, 0.25) is 0 Å². The first kappa shape index (κ1) is 13.5. The molecule has 0 saturated heterocycles. The van der Waals surface area contributed by atoms with Crippen LogP contribution in [0.4, 0.5) is 0 Å². The summed E-state index contributed by atoms with van der Waals surface area (Å²) in [4.78, 5) is 13.3. The van der Waals surface area contributed by atoms with Crippen molar-refractivity contribution in [3.05, 3.63) is 0 Å². The molecule has 0 aromatic rings. The van der Waals surface area contributed by atoms with Gasteiger partial charge in [-0.1, -0.05) is 6.92 Å². The van der Waals surface area contributed by atoms with E-state index >= 15 is 0 Å². The molecule has 0 aromatic carbocycles. The zero-order chi connectivity index (χ0) is 12.3. The Morgan fingerprint density at radius 1 is 1.56 bits per heavy atom. The fourth-order valence-electron chi connectivity index (χ4n) is 2.30. The Morgan fingerprint density at radius 3 is 2.44 bits per heavy atom. The number of hydrogen-bond acceptors (Lipinski definition) is 3. The number of carboxylic acid groups (broad SMARTS) is 1. The molecule has 0 radical (unpaired) electrons. The highest BCUT2D eigenvalue weighted by molar-refractivity contribution is 5.77. The third-order valence-electron chi connectivity index (χ3n) is 3.49. The highest BCUT2D eigenvalue weighted by Crippen LogP contribution is 2.37. The second-order valence-electron chi connectivity index (χ2n) is 5.01. The number of rotatable bonds is 7. The normalized spacial score (nSPS) is 18.8. The van der Waals surface area contributed by atoms with Gasteiger partial charge in [-0.05, 0) is 39.2 Å². The summed E-state index contributed by atoms with van der Waals surface area (Å²) < 4.78 is 5.23. The number of methoxy groups -OCH3 is 1. The van der Waals surface area contributed by atoms with E-state index in [2.05, 4.69) is 4.90 Å². The molecular formula is C12H23NO3. The number of carbonyl (C=O) groups is 1. The summed E-state index contributed by atoms with van der Waals surface area (Å²) in [7, 11) is 1.68. The maximum Gasteiger partial charge on any atom is 0.323 e. The van der Waals surface area contributed by atoms with Crippen molar-refractivity contribution in [2.24, 2.45) is 5.92 Å². The molecule has 1 N–H and O–H groups in total. The Bertz CT molecular complexity index is 249. The number of carboxylic acids is 1. The van der Waals surface area contributed by atoms with Gasteiger partial charge in [-0.3, -0.25) is 9.69 Å². The minimum atomic E-state index is -0.819. The number of nitrogens with zero attached hydrogens (tertiary/aromatic N) is 1. The quantitative estimate of drug-likeness (QED) is 0.720. The lowest BCUT2D eigenvalue weighted by Crippen LogP contribution is -2.56. The van der Waals surface area contributed by atoms with Crippen LogP contribution >= 0.6 is 0 Å². The smallest absolute Gasteiger partial charge is 0.323 e. The van der Waals surface area contributed by atoms with Crippen molar-refractivity contribution in [1.82, 2.24) is 4.90 Å². The lowest BCUT2D eigenvalue weighted by atomic mass is 9.98. The van der Waals surface area contributed by atoms with Crippen molar-refractivity contribution in [1.29, 1.82) is 0 Å². The predicted octanol–water partition coefficient (Wildman–Crippen LogP) is 1.60. The zero-order valence-electron chi connectivity index (χ0n) is 10.7. The van der Waals surface area contributed by atoms with Gasteiger partial charge in [0.2, 0.25) is 0 Å². The molecule has 0 aliphatic heterocycles. The van der Waals surface area contributed by atoms with E-state index in [1.807, 2.05) is 6.92 Å². The van der Waals surface area contributed by atoms with Crippen LogP contribution in [0.15, 0.2) is 0 Å². The SMILES string of the molecule is CCN(C(COC)C1CC1)C(C)(C)C(=O)O. The lowest BCUT2D eigenvalue weighted by molar-refractivity contribution is -0.152. The second-order valence-corrected chi connectivity index (χ2v) is 5.01. The summed E-state index contributed by atoms with van der Waals surface area (Å²) in [5.41, 5.74) is -0.819. The molecule has 0 amide bonds. The van der Waals surface area contributed by atoms with Crippen LogP contribution < -0.4 is 0 Å². The van der Waals surface area contributed by atoms with Crippen LogP contribution in [0.25, 0.3) is 0 Å². The second kappa shape index (κ2) is 5.15. The van der Waals surface area contributed by atoms with Gasteiger partial charge in [-0.15, -0.1) is 0 Å². The fourth-order valence-corrected chi connectivity index (χ4v) is 2.30. The van der Waals surface area contributed by atoms with Crippen LogP contribution in [0.1, 0.15) is 33.6 Å². The fraction of sp³-hybridized carbons (Fsp3) is 0.917. The first-order valence-corrected chi connectivity index (χ1v) is 5.94. The van der Waals surface area contributed by atoms with Gasteiger partial charge in [0.1, 0.15) is 5.54 Å². The molecular weight excluding hydrogens is 206 g/mol. The molecule has 4 heteroatoms. The van der Waals surface area contributed by atoms with Crippen molar-refractivity contribution in [3.63, 3.8) is 0 Å². The Morgan fingerprint density at radius 2 is 2.12 bits per heavy atom. The van der Waals surface area contributed by atoms with E-state index < -0.39 is 11.5 Å². The van der Waals surface area contributed by atoms with Gasteiger partial charge >= 0.3 is 5.97 Å². The predicted molar refractivity (Wildman–Crippen MR) is 62.5 cm³/mol. The summed E-state index contributed by atoms with van der Waals surface area (Å²) in [6, 6.07) is 0.237. The number of likely N-dealkylation sites (N-methyl/N-ethyl adjacent to an activating group) is 1. The first-order valence-electron chi connectivity index (χ1n) is 5.94. The van der Waals surface area contributed by atoms with E-state index in [0.717, 1.165) is 6.54 Å². The molecule has 1 aliphatic carbocycles. The maximum atomic E-state index is 11.3. The monoisotopic (exact) mass is 229 g/mol. The minimum absolute atomic E-state index is 0.237. The van der Waals surface area contributed by atoms with E-state index in [1.165, 1.54) is 12.8 Å². The number of hydrogen-bond donors (Lipinski definition) is 1. The molecule has 1 atom stereocenters. The van der Waals surface area contributed by atoms with Crippen LogP contribution in [-0.2, 0) is 9.53 Å². The van der Waals surface area contributed by atoms with Crippen LogP contribution in [0.3, 0.4) is 0 Å². The van der Waals surface area contributed by atoms with Gasteiger partial charge in [0, 0.05) is 13.2 Å². The molecule has 0 bridgehead atoms. The van der Waals surface area contributed by atoms with E-state index in [1.54, 1.807) is 21.0 Å². The van der Waals surface area contributed by atoms with Gasteiger partial charge in [-0.2, -0.15) is 0 Å². The standard InChI is InChI=1S/C12H23NO3/c1-5-13(12(2,3)11(14)15)10(8-16-4)9-6-7-9/h9-10H,5-8H2,1-4H3,(H,14,15). The van der Waals surface area contributed by atoms with Gasteiger partial charge in [0.15, 0.2) is 0 Å². The average Bonchev–Trinajstić information content (AvgIpc) is 3.00. The molecule has 0 spiro atoms. The largest absolute Gasteiger partial charge is 0.480 e. The average molecular weight is 229 g/mol. The molecule has 0 heterocycles. The third kappa shape index (κ3) is 2.74. The van der Waals surface area contributed by atoms with Crippen molar-refractivity contribution in [3.8, 4) is 0 Å². The summed E-state index contributed by atoms with van der Waals surface area (Å²) in [6.07, 6.45) is 2.39. The van der Waals surface area contributed by atoms with Crippen molar-refractivity contribution >= 4 is 5.97 Å². The number of aliphatic carboxylic acids is 1. The summed E-state index contributed by atoms with van der Waals surface area (Å²) in [6.45, 7) is 6.91. The molecule has 1 unspecified atom stereocenters. The van der Waals surface area contributed by atoms with E-state index in [0.29, 0.717) is 12.5 Å². The highest BCUT2D eigenvalue weighted by atomic mass is 16.5. The Balaban J connectivity index is 2.80. The van der Waals surface area contributed by atoms with Crippen molar-refractivity contribution in [2.45, 2.75) is 45.2 Å². The third-order valence-corrected chi connectivity index (χ3v) is 3.49. The van der Waals surface area contributed by atoms with Crippen LogP contribution in [0.5, 0.6) is 0 Å². The lowest BCUT2D eigenvalue weighted by Gasteiger charge is -2.40. The van der Waals surface area contributed by atoms with E-state index in [-0.39, 0.29) is 6.04 Å². The Hall–Kier alpha value is -0.610. The van der Waals surface area contributed by atoms with Gasteiger partial charge in [-0.25, -0.2) is 0 Å². The van der Waals surface area contributed by atoms with Gasteiger partial charge in [0.05, 0.1) is 6.61 Å². The topological polar surface area (TPSA) is 49.8 Å². The minimum Gasteiger partial charge on any atom is -0.480 e. The molecule has 94 valence electrons. The number of ether oxygens (including phenoxy) is 1. The van der Waals surface area contributed by atoms with Crippen molar-refractivity contribution < 1.29 is 14.6 Å². The molecule has 0 aromatic heterocycles. The van der Waals surface area contributed by atoms with E-state index in [4.69, 9.17) is 4.74 Å². The maximum absolute atomic E-state index is 11.3. The Labute approximate surface area is 97.6 Å².